The molecule has 0 unspecified atom stereocenters. The summed E-state index contributed by atoms with van der Waals surface area (Å²) in [5.74, 6) is 2.02. The van der Waals surface area contributed by atoms with Gasteiger partial charge in [-0.15, -0.1) is 0 Å². The Bertz CT molecular complexity index is 2400. The Balaban J connectivity index is 1.34. The van der Waals surface area contributed by atoms with Crippen molar-refractivity contribution in [3.05, 3.63) is 120 Å². The van der Waals surface area contributed by atoms with Gasteiger partial charge in [0.2, 0.25) is 0 Å². The fourth-order valence-electron chi connectivity index (χ4n) is 7.87. The van der Waals surface area contributed by atoms with Gasteiger partial charge in [0, 0.05) is 27.5 Å². The van der Waals surface area contributed by atoms with Gasteiger partial charge < -0.3 is 4.74 Å². The Hall–Kier alpha value is -4.19. The SMILES string of the molecule is CC(C)(C)c1ccc([Si](C)(C)c2cccc3c2Oc2ccccc2C(C)(C)C3(C)C)cc1-c1cccc2c1sc1nc3ccccc3n12. The number of benzene rings is 5. The normalized spacial score (nSPS) is 15.7. The second kappa shape index (κ2) is 10.4. The standard InChI is InChI=1S/C43H44N2OSSi/c1-41(2,3)30-25-24-27(26-29(30)28-16-14-21-35-39(28)47-40-44-33-19-11-12-20-34(33)45(35)40)48(8,9)37-23-15-18-32-38(37)46-36-22-13-10-17-31(36)42(4,5)43(32,6)7/h10-26H,1-9H3. The molecule has 3 nitrogen and oxygen atoms in total. The quantitative estimate of drug-likeness (QED) is 0.176. The van der Waals surface area contributed by atoms with Crippen molar-refractivity contribution in [1.82, 2.24) is 9.38 Å². The third kappa shape index (κ3) is 4.40. The van der Waals surface area contributed by atoms with E-state index in [2.05, 4.69) is 169 Å². The number of hydrogen-bond acceptors (Lipinski definition) is 3. The Kier molecular flexibility index (Phi) is 6.74. The van der Waals surface area contributed by atoms with Gasteiger partial charge in [-0.1, -0.05) is 157 Å². The number of rotatable bonds is 3. The monoisotopic (exact) mass is 664 g/mol. The Morgan fingerprint density at radius 3 is 2.17 bits per heavy atom. The van der Waals surface area contributed by atoms with Crippen molar-refractivity contribution in [2.45, 2.75) is 77.8 Å². The molecule has 0 bridgehead atoms. The average molecular weight is 665 g/mol. The van der Waals surface area contributed by atoms with Gasteiger partial charge >= 0.3 is 0 Å². The minimum atomic E-state index is -2.30. The molecule has 5 heteroatoms. The summed E-state index contributed by atoms with van der Waals surface area (Å²) in [4.78, 5) is 6.05. The number of thiazole rings is 1. The summed E-state index contributed by atoms with van der Waals surface area (Å²) >= 11 is 1.80. The number of hydrogen-bond donors (Lipinski definition) is 0. The lowest BCUT2D eigenvalue weighted by molar-refractivity contribution is 0.306. The second-order valence-corrected chi connectivity index (χ2v) is 21.5. The molecule has 0 amide bonds. The highest BCUT2D eigenvalue weighted by Gasteiger charge is 2.46. The van der Waals surface area contributed by atoms with Crippen LogP contribution < -0.4 is 15.1 Å². The number of nitrogens with zero attached hydrogens (tertiary/aromatic N) is 2. The van der Waals surface area contributed by atoms with E-state index in [0.717, 1.165) is 27.5 Å². The maximum Gasteiger partial charge on any atom is 0.195 e. The van der Waals surface area contributed by atoms with Crippen molar-refractivity contribution >= 4 is 56.0 Å². The van der Waals surface area contributed by atoms with E-state index in [4.69, 9.17) is 9.72 Å². The van der Waals surface area contributed by atoms with E-state index in [-0.39, 0.29) is 16.2 Å². The zero-order chi connectivity index (χ0) is 33.8. The Morgan fingerprint density at radius 1 is 0.708 bits per heavy atom. The molecule has 0 fully saturated rings. The fourth-order valence-corrected chi connectivity index (χ4v) is 11.6. The Morgan fingerprint density at radius 2 is 1.38 bits per heavy atom. The van der Waals surface area contributed by atoms with Crippen LogP contribution in [-0.4, -0.2) is 17.5 Å². The van der Waals surface area contributed by atoms with Crippen molar-refractivity contribution in [2.24, 2.45) is 0 Å². The van der Waals surface area contributed by atoms with Crippen LogP contribution in [-0.2, 0) is 16.2 Å². The highest BCUT2D eigenvalue weighted by Crippen LogP contribution is 2.52. The minimum absolute atomic E-state index is 0.0297. The van der Waals surface area contributed by atoms with Gasteiger partial charge in [-0.3, -0.25) is 4.40 Å². The molecule has 8 rings (SSSR count). The second-order valence-electron chi connectivity index (χ2n) is 16.1. The van der Waals surface area contributed by atoms with Crippen molar-refractivity contribution in [2.75, 3.05) is 0 Å². The molecule has 0 atom stereocenters. The molecule has 0 spiro atoms. The van der Waals surface area contributed by atoms with E-state index in [0.29, 0.717) is 0 Å². The summed E-state index contributed by atoms with van der Waals surface area (Å²) in [6.07, 6.45) is 0. The molecule has 5 aromatic carbocycles. The van der Waals surface area contributed by atoms with Crippen LogP contribution in [0, 0.1) is 0 Å². The van der Waals surface area contributed by atoms with Crippen molar-refractivity contribution in [3.63, 3.8) is 0 Å². The molecular weight excluding hydrogens is 621 g/mol. The van der Waals surface area contributed by atoms with E-state index < -0.39 is 8.07 Å². The number of para-hydroxylation sites is 4. The van der Waals surface area contributed by atoms with Gasteiger partial charge in [0.25, 0.3) is 0 Å². The van der Waals surface area contributed by atoms with Crippen LogP contribution in [0.3, 0.4) is 0 Å². The van der Waals surface area contributed by atoms with Crippen LogP contribution in [0.1, 0.15) is 65.2 Å². The van der Waals surface area contributed by atoms with Gasteiger partial charge in [0.05, 0.1) is 21.3 Å². The summed E-state index contributed by atoms with van der Waals surface area (Å²) in [5, 5.41) is 2.75. The first-order valence-electron chi connectivity index (χ1n) is 17.1. The molecular formula is C43H44N2OSSi. The maximum atomic E-state index is 7.05. The van der Waals surface area contributed by atoms with Gasteiger partial charge in [-0.2, -0.15) is 0 Å². The molecule has 0 saturated heterocycles. The molecule has 242 valence electrons. The van der Waals surface area contributed by atoms with Gasteiger partial charge in [0.1, 0.15) is 19.6 Å². The lowest BCUT2D eigenvalue weighted by atomic mass is 9.61. The Labute approximate surface area is 289 Å². The topological polar surface area (TPSA) is 26.5 Å². The number of ether oxygens (including phenoxy) is 1. The predicted molar refractivity (Wildman–Crippen MR) is 208 cm³/mol. The van der Waals surface area contributed by atoms with Crippen molar-refractivity contribution < 1.29 is 4.74 Å². The van der Waals surface area contributed by atoms with E-state index in [1.165, 1.54) is 48.4 Å². The van der Waals surface area contributed by atoms with E-state index in [1.54, 1.807) is 11.3 Å². The third-order valence-electron chi connectivity index (χ3n) is 11.5. The smallest absolute Gasteiger partial charge is 0.195 e. The zero-order valence-corrected chi connectivity index (χ0v) is 31.3. The first kappa shape index (κ1) is 31.1. The van der Waals surface area contributed by atoms with E-state index in [1.807, 2.05) is 0 Å². The number of imidazole rings is 1. The van der Waals surface area contributed by atoms with E-state index in [9.17, 15) is 0 Å². The summed E-state index contributed by atoms with van der Waals surface area (Å²) in [6, 6.07) is 38.1. The summed E-state index contributed by atoms with van der Waals surface area (Å²) < 4.78 is 10.7. The molecule has 1 aliphatic heterocycles. The molecule has 0 saturated carbocycles. The van der Waals surface area contributed by atoms with Gasteiger partial charge in [-0.05, 0) is 46.0 Å². The third-order valence-corrected chi connectivity index (χ3v) is 16.1. The summed E-state index contributed by atoms with van der Waals surface area (Å²) in [7, 11) is -2.30. The lowest BCUT2D eigenvalue weighted by Gasteiger charge is -2.42. The van der Waals surface area contributed by atoms with Crippen molar-refractivity contribution in [3.8, 4) is 22.6 Å². The molecule has 1 aliphatic rings. The molecule has 3 heterocycles. The molecule has 0 aliphatic carbocycles. The molecule has 7 aromatic rings. The van der Waals surface area contributed by atoms with Crippen LogP contribution in [0.15, 0.2) is 103 Å². The predicted octanol–water partition coefficient (Wildman–Crippen LogP) is 10.9. The molecule has 2 aromatic heterocycles. The molecule has 48 heavy (non-hydrogen) atoms. The molecule has 0 radical (unpaired) electrons. The first-order chi connectivity index (χ1) is 22.7. The first-order valence-corrected chi connectivity index (χ1v) is 20.9. The van der Waals surface area contributed by atoms with E-state index >= 15 is 0 Å². The van der Waals surface area contributed by atoms with Crippen molar-refractivity contribution in [1.29, 1.82) is 0 Å². The lowest BCUT2D eigenvalue weighted by Crippen LogP contribution is -2.54. The van der Waals surface area contributed by atoms with Crippen LogP contribution in [0.5, 0.6) is 11.5 Å². The molecule has 0 N–H and O–H groups in total. The van der Waals surface area contributed by atoms with Crippen LogP contribution in [0.2, 0.25) is 13.1 Å². The van der Waals surface area contributed by atoms with Crippen LogP contribution >= 0.6 is 11.3 Å². The number of aromatic nitrogens is 2. The van der Waals surface area contributed by atoms with Crippen LogP contribution in [0.4, 0.5) is 0 Å². The maximum absolute atomic E-state index is 7.05. The highest BCUT2D eigenvalue weighted by molar-refractivity contribution is 7.24. The number of fused-ring (bicyclic) bond motifs is 7. The minimum Gasteiger partial charge on any atom is -0.457 e. The van der Waals surface area contributed by atoms with Crippen LogP contribution in [0.25, 0.3) is 37.3 Å². The largest absolute Gasteiger partial charge is 0.457 e. The van der Waals surface area contributed by atoms with Gasteiger partial charge in [0.15, 0.2) is 4.96 Å². The van der Waals surface area contributed by atoms with Gasteiger partial charge in [-0.25, -0.2) is 4.98 Å². The zero-order valence-electron chi connectivity index (χ0n) is 29.5. The average Bonchev–Trinajstić information content (AvgIpc) is 3.58. The fraction of sp³-hybridized carbons (Fsp3) is 0.279. The summed E-state index contributed by atoms with van der Waals surface area (Å²) in [5.41, 5.74) is 9.62. The summed E-state index contributed by atoms with van der Waals surface area (Å²) in [6.45, 7) is 21.5. The highest BCUT2D eigenvalue weighted by atomic mass is 32.1.